The van der Waals surface area contributed by atoms with Crippen LogP contribution in [0.3, 0.4) is 0 Å². The van der Waals surface area contributed by atoms with Crippen molar-refractivity contribution in [3.05, 3.63) is 0 Å². The van der Waals surface area contributed by atoms with Crippen LogP contribution in [0.25, 0.3) is 0 Å². The zero-order chi connectivity index (χ0) is 4.24. The summed E-state index contributed by atoms with van der Waals surface area (Å²) in [5.41, 5.74) is 0. The van der Waals surface area contributed by atoms with Gasteiger partial charge in [-0.05, 0) is 0 Å². The standard InChI is InChI=1S/C5H10Te/c1-2-4-6-5-3-1/h1-5H2. The van der Waals surface area contributed by atoms with E-state index in [1.54, 1.807) is 21.8 Å². The summed E-state index contributed by atoms with van der Waals surface area (Å²) in [5.74, 6) is 0. The molecule has 1 saturated heterocycles. The molecule has 6 heavy (non-hydrogen) atoms. The van der Waals surface area contributed by atoms with Crippen LogP contribution in [0.2, 0.25) is 8.94 Å². The van der Waals surface area contributed by atoms with Crippen LogP contribution in [0.4, 0.5) is 0 Å². The van der Waals surface area contributed by atoms with Gasteiger partial charge in [0.1, 0.15) is 0 Å². The van der Waals surface area contributed by atoms with Crippen LogP contribution in [-0.2, 0) is 0 Å². The van der Waals surface area contributed by atoms with E-state index in [0.717, 1.165) is 0 Å². The van der Waals surface area contributed by atoms with Crippen molar-refractivity contribution in [2.75, 3.05) is 0 Å². The Morgan fingerprint density at radius 3 is 1.67 bits per heavy atom. The van der Waals surface area contributed by atoms with Crippen molar-refractivity contribution in [2.24, 2.45) is 0 Å². The fraction of sp³-hybridized carbons (Fsp3) is 1.00. The average Bonchev–Trinajstić information content (AvgIpc) is 1.72. The molecule has 36 valence electrons. The molecular formula is C5H10Te. The molecule has 0 amide bonds. The second kappa shape index (κ2) is 2.88. The van der Waals surface area contributed by atoms with Crippen molar-refractivity contribution < 1.29 is 0 Å². The molecule has 0 unspecified atom stereocenters. The van der Waals surface area contributed by atoms with Gasteiger partial charge in [0.2, 0.25) is 0 Å². The molecule has 0 aromatic rings. The Hall–Kier alpha value is 0.790. The topological polar surface area (TPSA) is 0 Å². The van der Waals surface area contributed by atoms with E-state index in [4.69, 9.17) is 0 Å². The molecule has 0 spiro atoms. The molecule has 0 radical (unpaired) electrons. The van der Waals surface area contributed by atoms with Gasteiger partial charge in [-0.25, -0.2) is 0 Å². The van der Waals surface area contributed by atoms with E-state index >= 15 is 0 Å². The van der Waals surface area contributed by atoms with E-state index in [1.807, 2.05) is 0 Å². The van der Waals surface area contributed by atoms with Gasteiger partial charge >= 0.3 is 49.1 Å². The van der Waals surface area contributed by atoms with Gasteiger partial charge < -0.3 is 0 Å². The monoisotopic (exact) mass is 200 g/mol. The molecule has 1 aliphatic rings. The number of hydrogen-bond donors (Lipinski definition) is 0. The molecule has 1 heteroatoms. The van der Waals surface area contributed by atoms with Gasteiger partial charge in [0.05, 0.1) is 0 Å². The van der Waals surface area contributed by atoms with Crippen LogP contribution in [0, 0.1) is 0 Å². The summed E-state index contributed by atoms with van der Waals surface area (Å²) in [4.78, 5) is 0. The second-order valence-electron chi connectivity index (χ2n) is 1.67. The first kappa shape index (κ1) is 4.94. The summed E-state index contributed by atoms with van der Waals surface area (Å²) in [6.45, 7) is 0. The predicted molar refractivity (Wildman–Crippen MR) is 29.2 cm³/mol. The van der Waals surface area contributed by atoms with Crippen molar-refractivity contribution in [1.29, 1.82) is 0 Å². The molecule has 1 heterocycles. The van der Waals surface area contributed by atoms with Crippen LogP contribution in [0.5, 0.6) is 0 Å². The molecule has 0 aliphatic carbocycles. The van der Waals surface area contributed by atoms with Gasteiger partial charge in [-0.15, -0.1) is 0 Å². The Kier molecular flexibility index (Phi) is 2.37. The van der Waals surface area contributed by atoms with E-state index < -0.39 is 0 Å². The van der Waals surface area contributed by atoms with Crippen LogP contribution < -0.4 is 0 Å². The fourth-order valence-corrected chi connectivity index (χ4v) is 3.60. The number of rotatable bonds is 0. The van der Waals surface area contributed by atoms with E-state index in [9.17, 15) is 0 Å². The van der Waals surface area contributed by atoms with Gasteiger partial charge in [0.25, 0.3) is 0 Å². The Bertz CT molecular complexity index is 19.4. The van der Waals surface area contributed by atoms with Crippen molar-refractivity contribution in [1.82, 2.24) is 0 Å². The molecule has 0 N–H and O–H groups in total. The summed E-state index contributed by atoms with van der Waals surface area (Å²) in [6, 6.07) is 0. The Labute approximate surface area is 49.4 Å². The van der Waals surface area contributed by atoms with E-state index in [1.165, 1.54) is 6.42 Å². The van der Waals surface area contributed by atoms with Crippen LogP contribution in [0.1, 0.15) is 19.3 Å². The van der Waals surface area contributed by atoms with Crippen molar-refractivity contribution in [3.8, 4) is 0 Å². The van der Waals surface area contributed by atoms with Crippen molar-refractivity contribution in [2.45, 2.75) is 28.2 Å². The molecule has 0 saturated carbocycles. The molecule has 1 fully saturated rings. The Morgan fingerprint density at radius 2 is 1.50 bits per heavy atom. The Morgan fingerprint density at radius 1 is 0.833 bits per heavy atom. The molecule has 0 bridgehead atoms. The van der Waals surface area contributed by atoms with E-state index in [0.29, 0.717) is 20.9 Å². The molecule has 1 aliphatic heterocycles. The summed E-state index contributed by atoms with van der Waals surface area (Å²) in [5, 5.41) is 0. The SMILES string of the molecule is C1CC[Te]CC1. The normalized spacial score (nSPS) is 24.0. The maximum atomic E-state index is 1.63. The van der Waals surface area contributed by atoms with E-state index in [-0.39, 0.29) is 0 Å². The van der Waals surface area contributed by atoms with Crippen LogP contribution in [-0.4, -0.2) is 20.9 Å². The second-order valence-corrected chi connectivity index (χ2v) is 5.17. The minimum atomic E-state index is 0.572. The zero-order valence-electron chi connectivity index (χ0n) is 3.94. The Balaban J connectivity index is 2.00. The maximum absolute atomic E-state index is 1.63. The summed E-state index contributed by atoms with van der Waals surface area (Å²) in [6.07, 6.45) is 4.65. The average molecular weight is 198 g/mol. The quantitative estimate of drug-likeness (QED) is 0.519. The van der Waals surface area contributed by atoms with Crippen molar-refractivity contribution in [3.63, 3.8) is 0 Å². The minimum absolute atomic E-state index is 0.572. The molecule has 0 aromatic carbocycles. The first-order valence-electron chi connectivity index (χ1n) is 2.58. The summed E-state index contributed by atoms with van der Waals surface area (Å²) >= 11 is 0.572. The molecule has 0 atom stereocenters. The van der Waals surface area contributed by atoms with Gasteiger partial charge in [0.15, 0.2) is 0 Å². The molecule has 0 aromatic heterocycles. The predicted octanol–water partition coefficient (Wildman–Crippen LogP) is 1.71. The molecule has 0 nitrogen and oxygen atoms in total. The summed E-state index contributed by atoms with van der Waals surface area (Å²) < 4.78 is 3.26. The third-order valence-corrected chi connectivity index (χ3v) is 4.37. The molecular weight excluding hydrogens is 188 g/mol. The third kappa shape index (κ3) is 1.49. The van der Waals surface area contributed by atoms with Crippen LogP contribution in [0.15, 0.2) is 0 Å². The number of hydrogen-bond acceptors (Lipinski definition) is 0. The third-order valence-electron chi connectivity index (χ3n) is 1.08. The van der Waals surface area contributed by atoms with E-state index in [2.05, 4.69) is 0 Å². The van der Waals surface area contributed by atoms with Gasteiger partial charge in [-0.1, -0.05) is 0 Å². The van der Waals surface area contributed by atoms with Crippen molar-refractivity contribution >= 4 is 20.9 Å². The van der Waals surface area contributed by atoms with Gasteiger partial charge in [-0.2, -0.15) is 0 Å². The van der Waals surface area contributed by atoms with Gasteiger partial charge in [0, 0.05) is 0 Å². The van der Waals surface area contributed by atoms with Gasteiger partial charge in [-0.3, -0.25) is 0 Å². The van der Waals surface area contributed by atoms with Crippen LogP contribution >= 0.6 is 0 Å². The summed E-state index contributed by atoms with van der Waals surface area (Å²) in [7, 11) is 0. The first-order chi connectivity index (χ1) is 3.00. The zero-order valence-corrected chi connectivity index (χ0v) is 6.27. The first-order valence-corrected chi connectivity index (χ1v) is 5.87. The fourth-order valence-electron chi connectivity index (χ4n) is 0.687. The molecule has 1 rings (SSSR count).